The molecule has 1 aromatic rings. The Balaban J connectivity index is 2.45. The van der Waals surface area contributed by atoms with Gasteiger partial charge in [-0.25, -0.2) is 0 Å². The van der Waals surface area contributed by atoms with E-state index in [1.807, 2.05) is 19.0 Å². The zero-order valence-electron chi connectivity index (χ0n) is 7.74. The van der Waals surface area contributed by atoms with Crippen molar-refractivity contribution in [3.63, 3.8) is 0 Å². The van der Waals surface area contributed by atoms with E-state index in [-0.39, 0.29) is 0 Å². The number of likely N-dealkylation sites (N-methyl/N-ethyl adjacent to an activating group) is 1. The van der Waals surface area contributed by atoms with E-state index in [1.165, 1.54) is 0 Å². The van der Waals surface area contributed by atoms with Crippen molar-refractivity contribution < 1.29 is 5.11 Å². The van der Waals surface area contributed by atoms with E-state index in [0.29, 0.717) is 23.6 Å². The Morgan fingerprint density at radius 1 is 1.62 bits per heavy atom. The lowest BCUT2D eigenvalue weighted by atomic mass is 10.2. The molecule has 1 heterocycles. The third kappa shape index (κ3) is 3.67. The maximum absolute atomic E-state index is 9.53. The third-order valence-corrected chi connectivity index (χ3v) is 1.75. The fourth-order valence-electron chi connectivity index (χ4n) is 1.11. The highest BCUT2D eigenvalue weighted by Gasteiger charge is 2.08. The number of nitrogens with one attached hydrogen (secondary N) is 2. The van der Waals surface area contributed by atoms with Crippen molar-refractivity contribution in [1.29, 1.82) is 0 Å². The van der Waals surface area contributed by atoms with Crippen LogP contribution in [0.25, 0.3) is 0 Å². The summed E-state index contributed by atoms with van der Waals surface area (Å²) in [6.45, 7) is 0.619. The summed E-state index contributed by atoms with van der Waals surface area (Å²) in [7, 11) is 3.83. The van der Waals surface area contributed by atoms with Crippen LogP contribution in [-0.4, -0.2) is 51.9 Å². The SMILES string of the molecule is CN(C)CC(O)Cc1n[nH]c(=S)[nH]1. The lowest BCUT2D eigenvalue weighted by Crippen LogP contribution is -2.27. The predicted molar refractivity (Wildman–Crippen MR) is 52.0 cm³/mol. The monoisotopic (exact) mass is 202 g/mol. The first-order chi connectivity index (χ1) is 6.08. The van der Waals surface area contributed by atoms with E-state index < -0.39 is 6.10 Å². The van der Waals surface area contributed by atoms with Gasteiger partial charge < -0.3 is 15.0 Å². The summed E-state index contributed by atoms with van der Waals surface area (Å²) < 4.78 is 0.493. The molecule has 0 aliphatic carbocycles. The number of H-pyrrole nitrogens is 2. The molecule has 0 spiro atoms. The lowest BCUT2D eigenvalue weighted by molar-refractivity contribution is 0.135. The van der Waals surface area contributed by atoms with Crippen molar-refractivity contribution in [3.05, 3.63) is 10.6 Å². The minimum atomic E-state index is -0.413. The van der Waals surface area contributed by atoms with Crippen LogP contribution in [0.3, 0.4) is 0 Å². The van der Waals surface area contributed by atoms with Crippen LogP contribution in [0.5, 0.6) is 0 Å². The van der Waals surface area contributed by atoms with Crippen LogP contribution in [0, 0.1) is 4.77 Å². The largest absolute Gasteiger partial charge is 0.391 e. The van der Waals surface area contributed by atoms with Crippen LogP contribution >= 0.6 is 12.2 Å². The van der Waals surface area contributed by atoms with Crippen molar-refractivity contribution in [3.8, 4) is 0 Å². The highest BCUT2D eigenvalue weighted by atomic mass is 32.1. The van der Waals surface area contributed by atoms with Crippen molar-refractivity contribution in [1.82, 2.24) is 20.1 Å². The molecule has 0 saturated carbocycles. The summed E-state index contributed by atoms with van der Waals surface area (Å²) in [4.78, 5) is 4.77. The summed E-state index contributed by atoms with van der Waals surface area (Å²) in [6, 6.07) is 0. The normalized spacial score (nSPS) is 13.5. The molecule has 0 aliphatic rings. The molecule has 74 valence electrons. The van der Waals surface area contributed by atoms with Gasteiger partial charge in [0.2, 0.25) is 0 Å². The molecule has 1 rings (SSSR count). The number of hydrogen-bond acceptors (Lipinski definition) is 4. The Morgan fingerprint density at radius 3 is 2.77 bits per heavy atom. The van der Waals surface area contributed by atoms with Crippen LogP contribution < -0.4 is 0 Å². The van der Waals surface area contributed by atoms with E-state index in [9.17, 15) is 5.11 Å². The third-order valence-electron chi connectivity index (χ3n) is 1.56. The van der Waals surface area contributed by atoms with Gasteiger partial charge in [0.05, 0.1) is 6.10 Å². The molecule has 0 saturated heterocycles. The minimum Gasteiger partial charge on any atom is -0.391 e. The van der Waals surface area contributed by atoms with Crippen molar-refractivity contribution in [2.45, 2.75) is 12.5 Å². The number of aliphatic hydroxyl groups excluding tert-OH is 1. The van der Waals surface area contributed by atoms with Crippen LogP contribution in [-0.2, 0) is 6.42 Å². The summed E-state index contributed by atoms with van der Waals surface area (Å²) in [6.07, 6.45) is 0.0784. The Kier molecular flexibility index (Phi) is 3.58. The van der Waals surface area contributed by atoms with E-state index in [2.05, 4.69) is 15.2 Å². The number of aromatic nitrogens is 3. The van der Waals surface area contributed by atoms with Gasteiger partial charge in [-0.05, 0) is 26.3 Å². The molecule has 13 heavy (non-hydrogen) atoms. The fourth-order valence-corrected chi connectivity index (χ4v) is 1.27. The zero-order valence-corrected chi connectivity index (χ0v) is 8.56. The summed E-state index contributed by atoms with van der Waals surface area (Å²) in [5, 5.41) is 16.0. The number of hydrogen-bond donors (Lipinski definition) is 3. The topological polar surface area (TPSA) is 67.9 Å². The van der Waals surface area contributed by atoms with Crippen LogP contribution in [0.15, 0.2) is 0 Å². The van der Waals surface area contributed by atoms with Crippen LogP contribution in [0.1, 0.15) is 5.82 Å². The maximum atomic E-state index is 9.53. The van der Waals surface area contributed by atoms with Gasteiger partial charge in [-0.2, -0.15) is 5.10 Å². The first kappa shape index (κ1) is 10.4. The van der Waals surface area contributed by atoms with Gasteiger partial charge in [0.25, 0.3) is 0 Å². The van der Waals surface area contributed by atoms with E-state index >= 15 is 0 Å². The average molecular weight is 202 g/mol. The summed E-state index contributed by atoms with van der Waals surface area (Å²) >= 11 is 4.81. The molecule has 0 amide bonds. The second-order valence-corrected chi connectivity index (χ2v) is 3.65. The van der Waals surface area contributed by atoms with E-state index in [0.717, 1.165) is 0 Å². The van der Waals surface area contributed by atoms with Crippen molar-refractivity contribution in [2.75, 3.05) is 20.6 Å². The number of nitrogens with zero attached hydrogens (tertiary/aromatic N) is 2. The molecule has 0 aromatic carbocycles. The Bertz CT molecular complexity index is 305. The molecule has 1 aromatic heterocycles. The molecule has 0 bridgehead atoms. The lowest BCUT2D eigenvalue weighted by Gasteiger charge is -2.14. The average Bonchev–Trinajstić information content (AvgIpc) is 2.33. The maximum Gasteiger partial charge on any atom is 0.192 e. The Morgan fingerprint density at radius 2 is 2.31 bits per heavy atom. The zero-order chi connectivity index (χ0) is 9.84. The van der Waals surface area contributed by atoms with Gasteiger partial charge in [0.1, 0.15) is 5.82 Å². The molecule has 0 radical (unpaired) electrons. The Labute approximate surface area is 81.8 Å². The summed E-state index contributed by atoms with van der Waals surface area (Å²) in [5.41, 5.74) is 0. The first-order valence-electron chi connectivity index (χ1n) is 4.04. The number of aliphatic hydroxyl groups is 1. The molecule has 0 fully saturated rings. The molecule has 3 N–H and O–H groups in total. The highest BCUT2D eigenvalue weighted by molar-refractivity contribution is 7.71. The van der Waals surface area contributed by atoms with Gasteiger partial charge >= 0.3 is 0 Å². The van der Waals surface area contributed by atoms with Gasteiger partial charge in [-0.1, -0.05) is 0 Å². The second kappa shape index (κ2) is 4.50. The van der Waals surface area contributed by atoms with E-state index in [1.54, 1.807) is 0 Å². The van der Waals surface area contributed by atoms with E-state index in [4.69, 9.17) is 12.2 Å². The highest BCUT2D eigenvalue weighted by Crippen LogP contribution is 1.96. The molecule has 0 aliphatic heterocycles. The molecular formula is C7H14N4OS. The summed E-state index contributed by atoms with van der Waals surface area (Å²) in [5.74, 6) is 0.694. The first-order valence-corrected chi connectivity index (χ1v) is 4.45. The smallest absolute Gasteiger partial charge is 0.192 e. The molecular weight excluding hydrogens is 188 g/mol. The van der Waals surface area contributed by atoms with Gasteiger partial charge in [-0.15, -0.1) is 0 Å². The molecule has 6 heteroatoms. The molecule has 1 unspecified atom stereocenters. The molecule has 1 atom stereocenters. The van der Waals surface area contributed by atoms with Gasteiger partial charge in [0, 0.05) is 13.0 Å². The predicted octanol–water partition coefficient (Wildman–Crippen LogP) is -0.0677. The number of rotatable bonds is 4. The van der Waals surface area contributed by atoms with Crippen LogP contribution in [0.4, 0.5) is 0 Å². The van der Waals surface area contributed by atoms with Crippen LogP contribution in [0.2, 0.25) is 0 Å². The molecule has 5 nitrogen and oxygen atoms in total. The second-order valence-electron chi connectivity index (χ2n) is 3.24. The Hall–Kier alpha value is -0.720. The standard InChI is InChI=1S/C7H14N4OS/c1-11(2)4-5(12)3-6-8-7(13)10-9-6/h5,12H,3-4H2,1-2H3,(H2,8,9,10,13). The fraction of sp³-hybridized carbons (Fsp3) is 0.714. The van der Waals surface area contributed by atoms with Gasteiger partial charge in [-0.3, -0.25) is 5.10 Å². The van der Waals surface area contributed by atoms with Gasteiger partial charge in [0.15, 0.2) is 4.77 Å². The quantitative estimate of drug-likeness (QED) is 0.598. The van der Waals surface area contributed by atoms with Crippen molar-refractivity contribution >= 4 is 12.2 Å². The van der Waals surface area contributed by atoms with Crippen molar-refractivity contribution in [2.24, 2.45) is 0 Å². The minimum absolute atomic E-state index is 0.413. The number of aromatic amines is 2.